The first-order valence-electron chi connectivity index (χ1n) is 9.54. The van der Waals surface area contributed by atoms with Gasteiger partial charge in [-0.05, 0) is 18.9 Å². The first-order valence-corrected chi connectivity index (χ1v) is 9.54. The number of alkyl halides is 1. The molecule has 6 heteroatoms. The molecule has 0 fully saturated rings. The zero-order valence-corrected chi connectivity index (χ0v) is 16.5. The Kier molecular flexibility index (Phi) is 5.97. The van der Waals surface area contributed by atoms with E-state index in [1.807, 2.05) is 37.6 Å². The molecule has 0 aliphatic heterocycles. The van der Waals surface area contributed by atoms with Crippen molar-refractivity contribution in [3.05, 3.63) is 63.7 Å². The van der Waals surface area contributed by atoms with Crippen molar-refractivity contribution in [2.75, 3.05) is 13.3 Å². The molecule has 0 saturated carbocycles. The summed E-state index contributed by atoms with van der Waals surface area (Å²) in [4.78, 5) is 26.1. The number of ketones is 1. The molecule has 2 aromatic heterocycles. The number of nitrogens with zero attached hydrogens (tertiary/aromatic N) is 2. The van der Waals surface area contributed by atoms with E-state index in [0.29, 0.717) is 29.5 Å². The van der Waals surface area contributed by atoms with Gasteiger partial charge >= 0.3 is 0 Å². The van der Waals surface area contributed by atoms with Crippen molar-refractivity contribution < 1.29 is 13.9 Å². The average molecular weight is 384 g/mol. The lowest BCUT2D eigenvalue weighted by molar-refractivity contribution is 0.0970. The topological polar surface area (TPSA) is 53.2 Å². The number of Topliss-reactive ketones (excluding diaryl/α,β-unsaturated/α-hetero) is 1. The second-order valence-corrected chi connectivity index (χ2v) is 6.66. The van der Waals surface area contributed by atoms with Gasteiger partial charge in [0.15, 0.2) is 11.5 Å². The van der Waals surface area contributed by atoms with Crippen molar-refractivity contribution in [2.24, 2.45) is 7.05 Å². The van der Waals surface area contributed by atoms with Crippen LogP contribution in [0.1, 0.15) is 35.6 Å². The highest BCUT2D eigenvalue weighted by Gasteiger charge is 2.22. The molecular formula is C22H25FN2O3. The van der Waals surface area contributed by atoms with Crippen LogP contribution < -0.4 is 10.3 Å². The molecule has 0 saturated heterocycles. The molecule has 3 aromatic rings. The first kappa shape index (κ1) is 19.9. The molecule has 0 aliphatic rings. The molecule has 0 unspecified atom stereocenters. The molecule has 5 nitrogen and oxygen atoms in total. The van der Waals surface area contributed by atoms with E-state index in [-0.39, 0.29) is 24.5 Å². The van der Waals surface area contributed by atoms with Gasteiger partial charge in [0.25, 0.3) is 5.56 Å². The number of carbonyl (C=O) groups is 1. The van der Waals surface area contributed by atoms with Crippen LogP contribution in [-0.2, 0) is 26.4 Å². The Morgan fingerprint density at radius 2 is 1.86 bits per heavy atom. The Morgan fingerprint density at radius 1 is 1.14 bits per heavy atom. The molecule has 0 spiro atoms. The van der Waals surface area contributed by atoms with Crippen LogP contribution in [0.3, 0.4) is 0 Å². The second-order valence-electron chi connectivity index (χ2n) is 6.66. The lowest BCUT2D eigenvalue weighted by Crippen LogP contribution is -2.27. The molecule has 0 radical (unpaired) electrons. The summed E-state index contributed by atoms with van der Waals surface area (Å²) in [6.07, 6.45) is 1.26. The van der Waals surface area contributed by atoms with Gasteiger partial charge in [-0.15, -0.1) is 0 Å². The highest BCUT2D eigenvalue weighted by atomic mass is 19.1. The molecule has 28 heavy (non-hydrogen) atoms. The van der Waals surface area contributed by atoms with E-state index in [1.54, 1.807) is 24.3 Å². The molecule has 0 bridgehead atoms. The van der Waals surface area contributed by atoms with Gasteiger partial charge in [0, 0.05) is 18.3 Å². The third-order valence-corrected chi connectivity index (χ3v) is 5.04. The van der Waals surface area contributed by atoms with Gasteiger partial charge in [-0.1, -0.05) is 44.2 Å². The number of hydrogen-bond acceptors (Lipinski definition) is 3. The monoisotopic (exact) mass is 384 g/mol. The third kappa shape index (κ3) is 3.46. The predicted molar refractivity (Wildman–Crippen MR) is 108 cm³/mol. The largest absolute Gasteiger partial charge is 0.488 e. The lowest BCUT2D eigenvalue weighted by atomic mass is 10.1. The van der Waals surface area contributed by atoms with Crippen LogP contribution in [0.2, 0.25) is 0 Å². The van der Waals surface area contributed by atoms with Crippen molar-refractivity contribution in [3.8, 4) is 5.75 Å². The van der Waals surface area contributed by atoms with Gasteiger partial charge < -0.3 is 13.9 Å². The summed E-state index contributed by atoms with van der Waals surface area (Å²) in [6, 6.07) is 10.9. The molecular weight excluding hydrogens is 359 g/mol. The van der Waals surface area contributed by atoms with Crippen molar-refractivity contribution in [3.63, 3.8) is 0 Å². The zero-order chi connectivity index (χ0) is 20.3. The molecule has 3 rings (SSSR count). The zero-order valence-electron chi connectivity index (χ0n) is 16.5. The van der Waals surface area contributed by atoms with Crippen molar-refractivity contribution in [2.45, 2.75) is 33.2 Å². The molecule has 0 amide bonds. The van der Waals surface area contributed by atoms with Crippen molar-refractivity contribution in [1.82, 2.24) is 9.13 Å². The summed E-state index contributed by atoms with van der Waals surface area (Å²) < 4.78 is 21.8. The van der Waals surface area contributed by atoms with Crippen molar-refractivity contribution >= 4 is 16.7 Å². The highest BCUT2D eigenvalue weighted by molar-refractivity contribution is 5.96. The first-order chi connectivity index (χ1) is 13.5. The number of aryl methyl sites for hydroxylation is 2. The highest BCUT2D eigenvalue weighted by Crippen LogP contribution is 2.31. The van der Waals surface area contributed by atoms with Gasteiger partial charge in [-0.3, -0.25) is 9.59 Å². The second kappa shape index (κ2) is 8.42. The van der Waals surface area contributed by atoms with Crippen LogP contribution in [0.4, 0.5) is 4.39 Å². The van der Waals surface area contributed by atoms with E-state index in [4.69, 9.17) is 4.74 Å². The number of pyridine rings is 1. The van der Waals surface area contributed by atoms with Gasteiger partial charge in [-0.25, -0.2) is 4.39 Å². The number of rotatable bonds is 8. The third-order valence-electron chi connectivity index (χ3n) is 5.04. The summed E-state index contributed by atoms with van der Waals surface area (Å²) in [5.41, 5.74) is 2.66. The van der Waals surface area contributed by atoms with Crippen LogP contribution in [0, 0.1) is 0 Å². The maximum absolute atomic E-state index is 13.4. The lowest BCUT2D eigenvalue weighted by Gasteiger charge is -2.12. The Morgan fingerprint density at radius 3 is 2.46 bits per heavy atom. The van der Waals surface area contributed by atoms with Crippen LogP contribution in [0.15, 0.2) is 41.2 Å². The number of aromatic nitrogens is 2. The minimum atomic E-state index is -0.632. The van der Waals surface area contributed by atoms with Crippen LogP contribution in [-0.4, -0.2) is 28.2 Å². The number of hydrogen-bond donors (Lipinski definition) is 0. The summed E-state index contributed by atoms with van der Waals surface area (Å²) >= 11 is 0. The molecule has 0 aliphatic carbocycles. The van der Waals surface area contributed by atoms with E-state index in [2.05, 4.69) is 0 Å². The Bertz CT molecular complexity index is 1050. The SMILES string of the molecule is CCc1cc2c(c(OCCF)c(CC)n2C)c(=O)n1CC(=O)c1ccccc1. The van der Waals surface area contributed by atoms with E-state index >= 15 is 0 Å². The van der Waals surface area contributed by atoms with Gasteiger partial charge in [-0.2, -0.15) is 0 Å². The fourth-order valence-corrected chi connectivity index (χ4v) is 3.62. The van der Waals surface area contributed by atoms with Crippen LogP contribution in [0.5, 0.6) is 5.75 Å². The number of ether oxygens (including phenoxy) is 1. The maximum Gasteiger partial charge on any atom is 0.264 e. The summed E-state index contributed by atoms with van der Waals surface area (Å²) in [5.74, 6) is 0.292. The van der Waals surface area contributed by atoms with Gasteiger partial charge in [0.05, 0.1) is 17.8 Å². The number of halogens is 1. The van der Waals surface area contributed by atoms with E-state index in [1.165, 1.54) is 4.57 Å². The smallest absolute Gasteiger partial charge is 0.264 e. The normalized spacial score (nSPS) is 11.1. The van der Waals surface area contributed by atoms with Gasteiger partial charge in [0.2, 0.25) is 0 Å². The quantitative estimate of drug-likeness (QED) is 0.557. The number of carbonyl (C=O) groups excluding carboxylic acids is 1. The molecule has 2 heterocycles. The molecule has 148 valence electrons. The minimum Gasteiger partial charge on any atom is -0.488 e. The fourth-order valence-electron chi connectivity index (χ4n) is 3.62. The Labute approximate surface area is 163 Å². The van der Waals surface area contributed by atoms with E-state index in [9.17, 15) is 14.0 Å². The Balaban J connectivity index is 2.18. The van der Waals surface area contributed by atoms with Gasteiger partial charge in [0.1, 0.15) is 18.7 Å². The molecule has 0 N–H and O–H groups in total. The van der Waals surface area contributed by atoms with E-state index < -0.39 is 6.67 Å². The summed E-state index contributed by atoms with van der Waals surface area (Å²) in [7, 11) is 1.88. The van der Waals surface area contributed by atoms with Crippen molar-refractivity contribution in [1.29, 1.82) is 0 Å². The standard InChI is InChI=1S/C22H25FN2O3/c1-4-16-13-18-20(21(28-12-11-23)17(5-2)24(18)3)22(27)25(16)14-19(26)15-9-7-6-8-10-15/h6-10,13H,4-5,11-12,14H2,1-3H3. The Hall–Kier alpha value is -2.89. The summed E-state index contributed by atoms with van der Waals surface area (Å²) in [5, 5.41) is 0.408. The summed E-state index contributed by atoms with van der Waals surface area (Å²) in [6.45, 7) is 3.14. The molecule has 0 atom stereocenters. The van der Waals surface area contributed by atoms with Crippen LogP contribution >= 0.6 is 0 Å². The number of benzene rings is 1. The van der Waals surface area contributed by atoms with E-state index in [0.717, 1.165) is 16.9 Å². The number of fused-ring (bicyclic) bond motifs is 1. The minimum absolute atomic E-state index is 0.0408. The maximum atomic E-state index is 13.4. The molecule has 1 aromatic carbocycles. The van der Waals surface area contributed by atoms with Crippen LogP contribution in [0.25, 0.3) is 10.9 Å². The average Bonchev–Trinajstić information content (AvgIpc) is 2.99. The fraction of sp³-hybridized carbons (Fsp3) is 0.364. The predicted octanol–water partition coefficient (Wildman–Crippen LogP) is 3.70.